The maximum absolute atomic E-state index is 11.4. The monoisotopic (exact) mass is 1070 g/mol. The zero-order chi connectivity index (χ0) is 56.8. The first-order chi connectivity index (χ1) is 41.4. The summed E-state index contributed by atoms with van der Waals surface area (Å²) in [5.74, 6) is 0.524. The zero-order valence-corrected chi connectivity index (χ0v) is 44.7. The quantitative estimate of drug-likeness (QED) is 0.139. The standard InChI is InChI=1S/C75H41N9/c76-42-47-11-19-52(20-12-47)58-27-31-68-62(37-58)63-38-59(53-21-13-48(43-77)14-22-53)28-32-69(63)83(68)72-35-51(46-80)36-73(74(72)67-41-66(56-7-3-1-4-8-56)81-75(82-67)57-9-5-2-6-10-57)84-70-33-29-60(54-23-15-49(44-78)16-24-54)39-64(70)65-40-61(30-34-71(65)84)55-25-17-50(45-79)18-26-55/h1-41H. The topological polar surface area (TPSA) is 155 Å². The van der Waals surface area contributed by atoms with Gasteiger partial charge in [-0.15, -0.1) is 0 Å². The highest BCUT2D eigenvalue weighted by atomic mass is 15.0. The highest BCUT2D eigenvalue weighted by Crippen LogP contribution is 2.46. The molecular weight excluding hydrogens is 1030 g/mol. The normalized spacial score (nSPS) is 11.0. The minimum Gasteiger partial charge on any atom is -0.308 e. The molecule has 3 aromatic heterocycles. The first-order valence-electron chi connectivity index (χ1n) is 27.1. The van der Waals surface area contributed by atoms with E-state index >= 15 is 0 Å². The third-order valence-corrected chi connectivity index (χ3v) is 15.7. The van der Waals surface area contributed by atoms with Gasteiger partial charge in [-0.3, -0.25) is 0 Å². The van der Waals surface area contributed by atoms with Gasteiger partial charge in [-0.2, -0.15) is 26.3 Å². The molecule has 14 aromatic rings. The lowest BCUT2D eigenvalue weighted by Crippen LogP contribution is -2.07. The summed E-state index contributed by atoms with van der Waals surface area (Å²) in [7, 11) is 0. The van der Waals surface area contributed by atoms with E-state index < -0.39 is 0 Å². The molecule has 0 fully saturated rings. The Labute approximate surface area is 483 Å². The minimum atomic E-state index is 0.418. The van der Waals surface area contributed by atoms with Crippen molar-refractivity contribution in [3.8, 4) is 120 Å². The van der Waals surface area contributed by atoms with E-state index in [4.69, 9.17) is 9.97 Å². The molecule has 0 amide bonds. The summed E-state index contributed by atoms with van der Waals surface area (Å²) in [6.45, 7) is 0. The molecule has 0 atom stereocenters. The zero-order valence-electron chi connectivity index (χ0n) is 44.7. The van der Waals surface area contributed by atoms with Crippen LogP contribution in [-0.4, -0.2) is 19.1 Å². The van der Waals surface area contributed by atoms with Crippen LogP contribution in [0.1, 0.15) is 27.8 Å². The van der Waals surface area contributed by atoms with E-state index in [1.54, 1.807) is 0 Å². The predicted octanol–water partition coefficient (Wildman–Crippen LogP) is 17.7. The Morgan fingerprint density at radius 3 is 0.869 bits per heavy atom. The summed E-state index contributed by atoms with van der Waals surface area (Å²) in [5, 5.41) is 54.1. The van der Waals surface area contributed by atoms with Gasteiger partial charge in [0.25, 0.3) is 0 Å². The number of benzene rings is 11. The number of rotatable bonds is 9. The van der Waals surface area contributed by atoms with Crippen LogP contribution in [0.3, 0.4) is 0 Å². The van der Waals surface area contributed by atoms with Gasteiger partial charge in [0.2, 0.25) is 0 Å². The van der Waals surface area contributed by atoms with Gasteiger partial charge in [0.15, 0.2) is 5.82 Å². The molecule has 0 aliphatic rings. The molecule has 0 unspecified atom stereocenters. The summed E-state index contributed by atoms with van der Waals surface area (Å²) < 4.78 is 4.50. The van der Waals surface area contributed by atoms with Gasteiger partial charge in [0.1, 0.15) is 0 Å². The lowest BCUT2D eigenvalue weighted by molar-refractivity contribution is 1.11. The van der Waals surface area contributed by atoms with Gasteiger partial charge in [0, 0.05) is 38.2 Å². The molecule has 0 aliphatic heterocycles. The Bertz CT molecular complexity index is 4650. The Balaban J connectivity index is 1.12. The smallest absolute Gasteiger partial charge is 0.160 e. The van der Waals surface area contributed by atoms with Gasteiger partial charge < -0.3 is 9.13 Å². The minimum absolute atomic E-state index is 0.418. The summed E-state index contributed by atoms with van der Waals surface area (Å²) in [6, 6.07) is 93.8. The molecule has 0 saturated heterocycles. The molecule has 11 aromatic carbocycles. The van der Waals surface area contributed by atoms with Crippen molar-refractivity contribution in [3.63, 3.8) is 0 Å². The van der Waals surface area contributed by atoms with Crippen molar-refractivity contribution < 1.29 is 0 Å². The number of aromatic nitrogens is 4. The Morgan fingerprint density at radius 1 is 0.250 bits per heavy atom. The fraction of sp³-hybridized carbons (Fsp3) is 0. The molecule has 3 heterocycles. The molecule has 0 bridgehead atoms. The molecule has 0 radical (unpaired) electrons. The Hall–Kier alpha value is -12.5. The van der Waals surface area contributed by atoms with E-state index in [1.807, 2.05) is 158 Å². The van der Waals surface area contributed by atoms with Gasteiger partial charge in [0.05, 0.1) is 103 Å². The number of nitrogens with zero attached hydrogens (tertiary/aromatic N) is 9. The molecule has 0 spiro atoms. The summed E-state index contributed by atoms with van der Waals surface area (Å²) in [6.07, 6.45) is 0. The number of hydrogen-bond donors (Lipinski definition) is 0. The Kier molecular flexibility index (Phi) is 12.2. The maximum atomic E-state index is 11.4. The lowest BCUT2D eigenvalue weighted by atomic mass is 9.99. The molecule has 386 valence electrons. The third-order valence-electron chi connectivity index (χ3n) is 15.7. The molecule has 0 N–H and O–H groups in total. The van der Waals surface area contributed by atoms with Crippen LogP contribution in [0, 0.1) is 56.7 Å². The van der Waals surface area contributed by atoms with Crippen LogP contribution in [0.5, 0.6) is 0 Å². The molecule has 14 rings (SSSR count). The summed E-state index contributed by atoms with van der Waals surface area (Å²) in [5.41, 5.74) is 19.1. The third kappa shape index (κ3) is 8.72. The summed E-state index contributed by atoms with van der Waals surface area (Å²) >= 11 is 0. The number of nitriles is 5. The van der Waals surface area contributed by atoms with Gasteiger partial charge >= 0.3 is 0 Å². The van der Waals surface area contributed by atoms with Crippen molar-refractivity contribution >= 4 is 43.6 Å². The molecule has 9 heteroatoms. The van der Waals surface area contributed by atoms with Crippen molar-refractivity contribution in [2.75, 3.05) is 0 Å². The van der Waals surface area contributed by atoms with Crippen LogP contribution >= 0.6 is 0 Å². The number of hydrogen-bond acceptors (Lipinski definition) is 7. The molecular formula is C75H41N9. The van der Waals surface area contributed by atoms with Crippen molar-refractivity contribution in [3.05, 3.63) is 277 Å². The first kappa shape index (κ1) is 49.8. The van der Waals surface area contributed by atoms with Crippen LogP contribution < -0.4 is 0 Å². The van der Waals surface area contributed by atoms with Crippen molar-refractivity contribution in [1.29, 1.82) is 26.3 Å². The largest absolute Gasteiger partial charge is 0.308 e. The van der Waals surface area contributed by atoms with Crippen molar-refractivity contribution in [2.45, 2.75) is 0 Å². The van der Waals surface area contributed by atoms with E-state index in [1.165, 1.54) is 0 Å². The van der Waals surface area contributed by atoms with Gasteiger partial charge in [-0.1, -0.05) is 133 Å². The molecule has 9 nitrogen and oxygen atoms in total. The van der Waals surface area contributed by atoms with E-state index in [-0.39, 0.29) is 0 Å². The van der Waals surface area contributed by atoms with Crippen LogP contribution in [0.4, 0.5) is 0 Å². The number of fused-ring (bicyclic) bond motifs is 6. The van der Waals surface area contributed by atoms with Crippen LogP contribution in [0.15, 0.2) is 249 Å². The summed E-state index contributed by atoms with van der Waals surface area (Å²) in [4.78, 5) is 10.8. The van der Waals surface area contributed by atoms with Crippen LogP contribution in [0.25, 0.3) is 133 Å². The van der Waals surface area contributed by atoms with E-state index in [9.17, 15) is 26.3 Å². The highest BCUT2D eigenvalue weighted by Gasteiger charge is 2.26. The first-order valence-corrected chi connectivity index (χ1v) is 27.1. The molecule has 0 saturated carbocycles. The SMILES string of the molecule is N#Cc1ccc(-c2ccc3c(c2)c2cc(-c4ccc(C#N)cc4)ccc2n3-c2cc(C#N)cc(-n3c4ccc(-c5ccc(C#N)cc5)cc4c4cc(-c5ccc(C#N)cc5)ccc43)c2-c2cc(-c3ccccc3)nc(-c3ccccc3)n2)cc1. The van der Waals surface area contributed by atoms with Gasteiger partial charge in [-0.05, 0) is 160 Å². The van der Waals surface area contributed by atoms with Crippen molar-refractivity contribution in [2.24, 2.45) is 0 Å². The second-order valence-electron chi connectivity index (χ2n) is 20.6. The second kappa shape index (κ2) is 20.7. The van der Waals surface area contributed by atoms with Gasteiger partial charge in [-0.25, -0.2) is 9.97 Å². The lowest BCUT2D eigenvalue weighted by Gasteiger charge is -2.21. The van der Waals surface area contributed by atoms with Crippen LogP contribution in [-0.2, 0) is 0 Å². The maximum Gasteiger partial charge on any atom is 0.160 e. The average Bonchev–Trinajstić information content (AvgIpc) is 1.80. The van der Waals surface area contributed by atoms with E-state index in [0.717, 1.165) is 105 Å². The van der Waals surface area contributed by atoms with Crippen molar-refractivity contribution in [1.82, 2.24) is 19.1 Å². The fourth-order valence-electron chi connectivity index (χ4n) is 11.6. The predicted molar refractivity (Wildman–Crippen MR) is 332 cm³/mol. The highest BCUT2D eigenvalue weighted by molar-refractivity contribution is 6.14. The van der Waals surface area contributed by atoms with E-state index in [0.29, 0.717) is 56.4 Å². The van der Waals surface area contributed by atoms with E-state index in [2.05, 4.69) is 130 Å². The second-order valence-corrected chi connectivity index (χ2v) is 20.6. The fourth-order valence-corrected chi connectivity index (χ4v) is 11.6. The molecule has 84 heavy (non-hydrogen) atoms. The van der Waals surface area contributed by atoms with Crippen LogP contribution in [0.2, 0.25) is 0 Å². The molecule has 0 aliphatic carbocycles. The Morgan fingerprint density at radius 2 is 0.548 bits per heavy atom. The average molecular weight is 1070 g/mol.